The van der Waals surface area contributed by atoms with Crippen molar-refractivity contribution in [1.29, 1.82) is 0 Å². The zero-order valence-corrected chi connectivity index (χ0v) is 20.2. The van der Waals surface area contributed by atoms with Crippen LogP contribution in [0.25, 0.3) is 0 Å². The maximum atomic E-state index is 13.4. The van der Waals surface area contributed by atoms with E-state index in [2.05, 4.69) is 53.7 Å². The van der Waals surface area contributed by atoms with E-state index in [1.54, 1.807) is 6.08 Å². The van der Waals surface area contributed by atoms with E-state index in [1.807, 2.05) is 0 Å². The summed E-state index contributed by atoms with van der Waals surface area (Å²) in [4.78, 5) is 26.7. The minimum atomic E-state index is -0.339. The molecule has 2 fully saturated rings. The molecule has 0 amide bonds. The summed E-state index contributed by atoms with van der Waals surface area (Å²) < 4.78 is 0. The number of hydrogen-bond acceptors (Lipinski definition) is 3. The molecule has 1 N–H and O–H groups in total. The average Bonchev–Trinajstić information content (AvgIpc) is 2.98. The number of fused-ring (bicyclic) bond motifs is 4. The lowest BCUT2D eigenvalue weighted by molar-refractivity contribution is -0.117. The van der Waals surface area contributed by atoms with Crippen molar-refractivity contribution < 1.29 is 14.7 Å². The summed E-state index contributed by atoms with van der Waals surface area (Å²) >= 11 is 0. The zero-order chi connectivity index (χ0) is 22.7. The highest BCUT2D eigenvalue weighted by atomic mass is 16.3. The van der Waals surface area contributed by atoms with Gasteiger partial charge in [-0.15, -0.1) is 0 Å². The summed E-state index contributed by atoms with van der Waals surface area (Å²) in [5.74, 6) is 2.07. The first-order chi connectivity index (χ1) is 14.5. The zero-order valence-electron chi connectivity index (χ0n) is 20.2. The second-order valence-corrected chi connectivity index (χ2v) is 11.7. The van der Waals surface area contributed by atoms with Gasteiger partial charge >= 0.3 is 0 Å². The van der Waals surface area contributed by atoms with Gasteiger partial charge in [0.2, 0.25) is 0 Å². The smallest absolute Gasteiger partial charge is 0.182 e. The number of allylic oxidation sites excluding steroid dienone is 5. The molecule has 4 rings (SSSR count). The first kappa shape index (κ1) is 22.7. The Morgan fingerprint density at radius 1 is 1.00 bits per heavy atom. The summed E-state index contributed by atoms with van der Waals surface area (Å²) in [6.07, 6.45) is 10.9. The Morgan fingerprint density at radius 2 is 1.68 bits per heavy atom. The van der Waals surface area contributed by atoms with Crippen molar-refractivity contribution in [2.24, 2.45) is 40.4 Å². The SMILES string of the molecule is CC(C)C(C)C=CC(C)C1CC(=O)C2=C3C(=O)C=C4CC(O)CCC4(C)C3CCC21C. The largest absolute Gasteiger partial charge is 0.393 e. The molecule has 4 aliphatic carbocycles. The molecule has 0 bridgehead atoms. The number of carbonyl (C=O) groups excluding carboxylic acids is 2. The van der Waals surface area contributed by atoms with Crippen LogP contribution in [-0.4, -0.2) is 22.8 Å². The van der Waals surface area contributed by atoms with Crippen LogP contribution in [0.15, 0.2) is 34.9 Å². The number of Topliss-reactive ketones (excluding diaryl/α,β-unsaturated/α-hetero) is 1. The Labute approximate surface area is 188 Å². The molecular weight excluding hydrogens is 384 g/mol. The monoisotopic (exact) mass is 424 g/mol. The van der Waals surface area contributed by atoms with Crippen LogP contribution in [0.3, 0.4) is 0 Å². The number of ketones is 2. The lowest BCUT2D eigenvalue weighted by atomic mass is 9.51. The lowest BCUT2D eigenvalue weighted by Crippen LogP contribution is -2.46. The molecule has 0 aromatic heterocycles. The highest BCUT2D eigenvalue weighted by Crippen LogP contribution is 2.63. The van der Waals surface area contributed by atoms with E-state index in [0.717, 1.165) is 42.4 Å². The average molecular weight is 425 g/mol. The third-order valence-corrected chi connectivity index (χ3v) is 9.57. The number of aliphatic hydroxyl groups excluding tert-OH is 1. The van der Waals surface area contributed by atoms with E-state index < -0.39 is 0 Å². The Balaban J connectivity index is 1.72. The maximum absolute atomic E-state index is 13.4. The lowest BCUT2D eigenvalue weighted by Gasteiger charge is -2.52. The second-order valence-electron chi connectivity index (χ2n) is 11.7. The molecule has 0 aromatic rings. The molecule has 7 unspecified atom stereocenters. The Hall–Kier alpha value is -1.48. The number of hydrogen-bond donors (Lipinski definition) is 1. The first-order valence-electron chi connectivity index (χ1n) is 12.4. The van der Waals surface area contributed by atoms with Crippen molar-refractivity contribution in [3.8, 4) is 0 Å². The van der Waals surface area contributed by atoms with Crippen LogP contribution in [0, 0.1) is 40.4 Å². The molecule has 0 aromatic carbocycles. The molecule has 0 aliphatic heterocycles. The summed E-state index contributed by atoms with van der Waals surface area (Å²) in [5, 5.41) is 10.2. The normalized spacial score (nSPS) is 40.0. The van der Waals surface area contributed by atoms with Gasteiger partial charge in [0.15, 0.2) is 11.6 Å². The number of aliphatic hydroxyl groups is 1. The molecule has 31 heavy (non-hydrogen) atoms. The minimum Gasteiger partial charge on any atom is -0.393 e. The first-order valence-corrected chi connectivity index (χ1v) is 12.4. The van der Waals surface area contributed by atoms with E-state index in [1.165, 1.54) is 0 Å². The molecule has 170 valence electrons. The molecule has 3 nitrogen and oxygen atoms in total. The molecule has 0 saturated heterocycles. The number of rotatable bonds is 4. The fourth-order valence-corrected chi connectivity index (χ4v) is 7.04. The molecule has 0 heterocycles. The fraction of sp³-hybridized carbons (Fsp3) is 0.714. The van der Waals surface area contributed by atoms with Gasteiger partial charge in [0.1, 0.15) is 0 Å². The van der Waals surface area contributed by atoms with Crippen LogP contribution in [0.2, 0.25) is 0 Å². The van der Waals surface area contributed by atoms with Crippen LogP contribution < -0.4 is 0 Å². The van der Waals surface area contributed by atoms with Crippen molar-refractivity contribution >= 4 is 11.6 Å². The Bertz CT molecular complexity index is 875. The van der Waals surface area contributed by atoms with Crippen molar-refractivity contribution in [2.45, 2.75) is 86.2 Å². The van der Waals surface area contributed by atoms with Crippen molar-refractivity contribution in [2.75, 3.05) is 0 Å². The van der Waals surface area contributed by atoms with Gasteiger partial charge in [-0.05, 0) is 73.2 Å². The molecule has 0 spiro atoms. The van der Waals surface area contributed by atoms with Crippen LogP contribution in [0.5, 0.6) is 0 Å². The van der Waals surface area contributed by atoms with Crippen LogP contribution in [0.1, 0.15) is 80.1 Å². The van der Waals surface area contributed by atoms with Gasteiger partial charge in [-0.3, -0.25) is 9.59 Å². The molecular formula is C28H40O3. The Kier molecular flexibility index (Phi) is 5.74. The summed E-state index contributed by atoms with van der Waals surface area (Å²) in [7, 11) is 0. The van der Waals surface area contributed by atoms with Gasteiger partial charge in [0.25, 0.3) is 0 Å². The van der Waals surface area contributed by atoms with E-state index in [-0.39, 0.29) is 40.3 Å². The third-order valence-electron chi connectivity index (χ3n) is 9.57. The molecule has 4 aliphatic rings. The molecule has 2 saturated carbocycles. The highest BCUT2D eigenvalue weighted by molar-refractivity contribution is 6.14. The van der Waals surface area contributed by atoms with Gasteiger partial charge in [-0.2, -0.15) is 0 Å². The topological polar surface area (TPSA) is 54.4 Å². The van der Waals surface area contributed by atoms with Crippen LogP contribution in [-0.2, 0) is 9.59 Å². The molecule has 3 heteroatoms. The van der Waals surface area contributed by atoms with Crippen LogP contribution in [0.4, 0.5) is 0 Å². The molecule has 7 atom stereocenters. The van der Waals surface area contributed by atoms with Gasteiger partial charge in [0, 0.05) is 23.0 Å². The van der Waals surface area contributed by atoms with Gasteiger partial charge < -0.3 is 5.11 Å². The van der Waals surface area contributed by atoms with Gasteiger partial charge in [-0.1, -0.05) is 59.3 Å². The van der Waals surface area contributed by atoms with Crippen molar-refractivity contribution in [3.63, 3.8) is 0 Å². The van der Waals surface area contributed by atoms with E-state index >= 15 is 0 Å². The maximum Gasteiger partial charge on any atom is 0.182 e. The van der Waals surface area contributed by atoms with E-state index in [4.69, 9.17) is 0 Å². The quantitative estimate of drug-likeness (QED) is 0.577. The number of carbonyl (C=O) groups is 2. The third kappa shape index (κ3) is 3.52. The van der Waals surface area contributed by atoms with Crippen LogP contribution >= 0.6 is 0 Å². The molecule has 0 radical (unpaired) electrons. The van der Waals surface area contributed by atoms with E-state index in [9.17, 15) is 14.7 Å². The second kappa shape index (κ2) is 7.83. The minimum absolute atomic E-state index is 0.0399. The van der Waals surface area contributed by atoms with Crippen molar-refractivity contribution in [3.05, 3.63) is 34.9 Å². The highest BCUT2D eigenvalue weighted by Gasteiger charge is 2.58. The van der Waals surface area contributed by atoms with Crippen molar-refractivity contribution in [1.82, 2.24) is 0 Å². The van der Waals surface area contributed by atoms with Gasteiger partial charge in [-0.25, -0.2) is 0 Å². The Morgan fingerprint density at radius 3 is 2.35 bits per heavy atom. The van der Waals surface area contributed by atoms with Gasteiger partial charge in [0.05, 0.1) is 6.10 Å². The fourth-order valence-electron chi connectivity index (χ4n) is 7.04. The van der Waals surface area contributed by atoms with E-state index in [0.29, 0.717) is 30.6 Å². The summed E-state index contributed by atoms with van der Waals surface area (Å²) in [6.45, 7) is 13.5. The summed E-state index contributed by atoms with van der Waals surface area (Å²) in [6, 6.07) is 0. The summed E-state index contributed by atoms with van der Waals surface area (Å²) in [5.41, 5.74) is 2.50. The standard InChI is InChI=1S/C28H40O3/c1-16(2)17(3)7-8-18(4)22-15-24(31)26-25-21(10-12-28(22,26)6)27(5)11-9-20(29)13-19(27)14-23(25)30/h7-8,14,16-18,20-22,29H,9-13,15H2,1-6H3. The predicted molar refractivity (Wildman–Crippen MR) is 124 cm³/mol. The predicted octanol–water partition coefficient (Wildman–Crippen LogP) is 5.83.